The zero-order chi connectivity index (χ0) is 19.2. The van der Waals surface area contributed by atoms with Gasteiger partial charge in [0.2, 0.25) is 5.56 Å². The van der Waals surface area contributed by atoms with Gasteiger partial charge in [0.15, 0.2) is 6.10 Å². The predicted octanol–water partition coefficient (Wildman–Crippen LogP) is 3.08. The number of hydrogen-bond donors (Lipinski definition) is 2. The lowest BCUT2D eigenvalue weighted by atomic mass is 9.97. The van der Waals surface area contributed by atoms with Crippen LogP contribution in [0.1, 0.15) is 49.4 Å². The van der Waals surface area contributed by atoms with Gasteiger partial charge >= 0.3 is 5.97 Å². The van der Waals surface area contributed by atoms with Gasteiger partial charge < -0.3 is 15.0 Å². The third kappa shape index (κ3) is 4.84. The van der Waals surface area contributed by atoms with E-state index in [4.69, 9.17) is 4.74 Å². The average molecular weight is 368 g/mol. The number of amides is 1. The van der Waals surface area contributed by atoms with E-state index < -0.39 is 17.6 Å². The van der Waals surface area contributed by atoms with Gasteiger partial charge in [-0.1, -0.05) is 29.8 Å². The molecule has 6 heteroatoms. The molecule has 0 aliphatic heterocycles. The Morgan fingerprint density at radius 3 is 2.85 bits per heavy atom. The first-order valence-corrected chi connectivity index (χ1v) is 9.33. The van der Waals surface area contributed by atoms with Crippen molar-refractivity contribution in [2.75, 3.05) is 6.54 Å². The molecule has 0 saturated heterocycles. The summed E-state index contributed by atoms with van der Waals surface area (Å²) in [5, 5.41) is 3.39. The molecule has 1 aliphatic carbocycles. The summed E-state index contributed by atoms with van der Waals surface area (Å²) < 4.78 is 5.29. The van der Waals surface area contributed by atoms with E-state index in [0.29, 0.717) is 17.4 Å². The summed E-state index contributed by atoms with van der Waals surface area (Å²) in [6.07, 6.45) is 6.79. The van der Waals surface area contributed by atoms with Gasteiger partial charge in [-0.25, -0.2) is 4.79 Å². The Kier molecular flexibility index (Phi) is 6.06. The third-order valence-electron chi connectivity index (χ3n) is 4.75. The molecule has 1 heterocycles. The topological polar surface area (TPSA) is 88.3 Å². The number of carbonyl (C=O) groups excluding carboxylic acids is 2. The Morgan fingerprint density at radius 2 is 2.07 bits per heavy atom. The van der Waals surface area contributed by atoms with E-state index in [-0.39, 0.29) is 11.5 Å². The Morgan fingerprint density at radius 1 is 1.26 bits per heavy atom. The normalized spacial score (nSPS) is 15.1. The fourth-order valence-electron chi connectivity index (χ4n) is 3.27. The van der Waals surface area contributed by atoms with Gasteiger partial charge in [0.25, 0.3) is 5.91 Å². The quantitative estimate of drug-likeness (QED) is 0.606. The van der Waals surface area contributed by atoms with E-state index in [2.05, 4.69) is 16.4 Å². The van der Waals surface area contributed by atoms with Crippen molar-refractivity contribution in [1.82, 2.24) is 10.3 Å². The minimum absolute atomic E-state index is 0.154. The molecule has 0 spiro atoms. The number of H-pyrrole nitrogens is 1. The maximum atomic E-state index is 12.5. The number of fused-ring (bicyclic) bond motifs is 1. The molecule has 0 bridgehead atoms. The second kappa shape index (κ2) is 8.66. The van der Waals surface area contributed by atoms with Gasteiger partial charge in [-0.05, 0) is 45.1 Å². The smallest absolute Gasteiger partial charge is 0.339 e. The first kappa shape index (κ1) is 18.9. The molecule has 0 radical (unpaired) electrons. The molecule has 0 saturated carbocycles. The molecular weight excluding hydrogens is 344 g/mol. The minimum Gasteiger partial charge on any atom is -0.449 e. The highest BCUT2D eigenvalue weighted by molar-refractivity contribution is 6.03. The lowest BCUT2D eigenvalue weighted by Gasteiger charge is -2.16. The molecule has 1 amide bonds. The lowest BCUT2D eigenvalue weighted by Crippen LogP contribution is -2.36. The number of pyridine rings is 1. The van der Waals surface area contributed by atoms with E-state index in [1.54, 1.807) is 24.3 Å². The van der Waals surface area contributed by atoms with Crippen LogP contribution in [0.5, 0.6) is 0 Å². The Labute approximate surface area is 157 Å². The van der Waals surface area contributed by atoms with Gasteiger partial charge in [-0.15, -0.1) is 0 Å². The van der Waals surface area contributed by atoms with Gasteiger partial charge in [-0.2, -0.15) is 0 Å². The Bertz CT molecular complexity index is 929. The largest absolute Gasteiger partial charge is 0.449 e. The molecule has 142 valence electrons. The SMILES string of the molecule is CC(OC(=O)c1cc(=O)[nH]c2ccccc12)C(=O)NCCC1=CCCCC1. The number of para-hydroxylation sites is 1. The minimum atomic E-state index is -0.934. The number of nitrogens with one attached hydrogen (secondary N) is 2. The third-order valence-corrected chi connectivity index (χ3v) is 4.75. The standard InChI is InChI=1S/C21H24N2O4/c1-14(20(25)22-12-11-15-7-3-2-4-8-15)27-21(26)17-13-19(24)23-18-10-6-5-9-16(17)18/h5-7,9-10,13-14H,2-4,8,11-12H2,1H3,(H,22,25)(H,23,24). The number of ether oxygens (including phenoxy) is 1. The molecule has 1 aromatic carbocycles. The summed E-state index contributed by atoms with van der Waals surface area (Å²) in [6.45, 7) is 2.06. The van der Waals surface area contributed by atoms with Crippen LogP contribution in [-0.4, -0.2) is 29.5 Å². The summed E-state index contributed by atoms with van der Waals surface area (Å²) in [6, 6.07) is 8.18. The van der Waals surface area contributed by atoms with Crippen molar-refractivity contribution >= 4 is 22.8 Å². The monoisotopic (exact) mass is 368 g/mol. The van der Waals surface area contributed by atoms with Crippen LogP contribution in [0.3, 0.4) is 0 Å². The molecule has 2 N–H and O–H groups in total. The Balaban J connectivity index is 1.59. The summed E-state index contributed by atoms with van der Waals surface area (Å²) >= 11 is 0. The van der Waals surface area contributed by atoms with Crippen LogP contribution in [0, 0.1) is 0 Å². The number of hydrogen-bond acceptors (Lipinski definition) is 4. The molecule has 2 aromatic rings. The summed E-state index contributed by atoms with van der Waals surface area (Å²) in [5.74, 6) is -1.02. The highest BCUT2D eigenvalue weighted by atomic mass is 16.5. The van der Waals surface area contributed by atoms with Gasteiger partial charge in [-0.3, -0.25) is 9.59 Å². The summed E-state index contributed by atoms with van der Waals surface area (Å²) in [7, 11) is 0. The van der Waals surface area contributed by atoms with Crippen LogP contribution >= 0.6 is 0 Å². The number of esters is 1. The van der Waals surface area contributed by atoms with Crippen molar-refractivity contribution in [3.8, 4) is 0 Å². The second-order valence-corrected chi connectivity index (χ2v) is 6.79. The average Bonchev–Trinajstić information content (AvgIpc) is 2.67. The van der Waals surface area contributed by atoms with E-state index in [0.717, 1.165) is 19.3 Å². The summed E-state index contributed by atoms with van der Waals surface area (Å²) in [4.78, 5) is 39.1. The molecule has 1 aromatic heterocycles. The number of aromatic nitrogens is 1. The number of carbonyl (C=O) groups is 2. The van der Waals surface area contributed by atoms with Gasteiger partial charge in [0.05, 0.1) is 5.56 Å². The van der Waals surface area contributed by atoms with Crippen LogP contribution in [0.25, 0.3) is 10.9 Å². The number of rotatable bonds is 6. The molecule has 1 aliphatic rings. The van der Waals surface area contributed by atoms with Crippen LogP contribution < -0.4 is 10.9 Å². The van der Waals surface area contributed by atoms with Gasteiger partial charge in [0.1, 0.15) is 0 Å². The maximum absolute atomic E-state index is 12.5. The van der Waals surface area contributed by atoms with E-state index >= 15 is 0 Å². The van der Waals surface area contributed by atoms with Crippen molar-refractivity contribution in [2.45, 2.75) is 45.1 Å². The van der Waals surface area contributed by atoms with Crippen LogP contribution in [0.2, 0.25) is 0 Å². The predicted molar refractivity (Wildman–Crippen MR) is 104 cm³/mol. The van der Waals surface area contributed by atoms with Crippen molar-refractivity contribution in [1.29, 1.82) is 0 Å². The lowest BCUT2D eigenvalue weighted by molar-refractivity contribution is -0.129. The van der Waals surface area contributed by atoms with Crippen molar-refractivity contribution in [3.05, 3.63) is 57.9 Å². The molecular formula is C21H24N2O4. The highest BCUT2D eigenvalue weighted by Crippen LogP contribution is 2.19. The number of aromatic amines is 1. The molecule has 3 rings (SSSR count). The van der Waals surface area contributed by atoms with Crippen molar-refractivity contribution in [2.24, 2.45) is 0 Å². The second-order valence-electron chi connectivity index (χ2n) is 6.79. The zero-order valence-corrected chi connectivity index (χ0v) is 15.4. The molecule has 1 unspecified atom stereocenters. The highest BCUT2D eigenvalue weighted by Gasteiger charge is 2.20. The fraction of sp³-hybridized carbons (Fsp3) is 0.381. The number of benzene rings is 1. The first-order valence-electron chi connectivity index (χ1n) is 9.33. The van der Waals surface area contributed by atoms with Crippen LogP contribution in [0.4, 0.5) is 0 Å². The summed E-state index contributed by atoms with van der Waals surface area (Å²) in [5.41, 5.74) is 1.69. The molecule has 1 atom stereocenters. The van der Waals surface area contributed by atoms with E-state index in [9.17, 15) is 14.4 Å². The van der Waals surface area contributed by atoms with Crippen LogP contribution in [0.15, 0.2) is 46.8 Å². The van der Waals surface area contributed by atoms with Crippen LogP contribution in [-0.2, 0) is 9.53 Å². The molecule has 27 heavy (non-hydrogen) atoms. The first-order chi connectivity index (χ1) is 13.0. The molecule has 6 nitrogen and oxygen atoms in total. The van der Waals surface area contributed by atoms with E-state index in [1.807, 2.05) is 0 Å². The van der Waals surface area contributed by atoms with Crippen molar-refractivity contribution < 1.29 is 14.3 Å². The fourth-order valence-corrected chi connectivity index (χ4v) is 3.27. The zero-order valence-electron chi connectivity index (χ0n) is 15.4. The maximum Gasteiger partial charge on any atom is 0.339 e. The number of allylic oxidation sites excluding steroid dienone is 1. The van der Waals surface area contributed by atoms with Gasteiger partial charge in [0, 0.05) is 23.5 Å². The van der Waals surface area contributed by atoms with Crippen molar-refractivity contribution in [3.63, 3.8) is 0 Å². The Hall–Kier alpha value is -2.89. The molecule has 0 fully saturated rings. The van der Waals surface area contributed by atoms with E-state index in [1.165, 1.54) is 31.4 Å².